The van der Waals surface area contributed by atoms with Crippen LogP contribution in [0.3, 0.4) is 0 Å². The van der Waals surface area contributed by atoms with Crippen molar-refractivity contribution in [2.45, 2.75) is 0 Å². The average Bonchev–Trinajstić information content (AvgIpc) is 3.75. The normalized spacial score (nSPS) is 17.0. The Morgan fingerprint density at radius 3 is 1.57 bits per heavy atom. The Hall–Kier alpha value is -6.76. The molecule has 2 unspecified atom stereocenters. The zero-order valence-corrected chi connectivity index (χ0v) is 29.6. The molecule has 4 aliphatic carbocycles. The Morgan fingerprint density at radius 2 is 0.870 bits per heavy atom. The Morgan fingerprint density at radius 1 is 0.315 bits per heavy atom. The largest absolute Gasteiger partial charge is 0.0767 e. The van der Waals surface area contributed by atoms with Crippen LogP contribution in [0.5, 0.6) is 0 Å². The Bertz CT molecular complexity index is 3010. The molecule has 0 nitrogen and oxygen atoms in total. The zero-order valence-electron chi connectivity index (χ0n) is 29.6. The van der Waals surface area contributed by atoms with Crippen LogP contribution < -0.4 is 0 Å². The minimum absolute atomic E-state index is 0.425. The maximum atomic E-state index is 2.48. The van der Waals surface area contributed by atoms with E-state index in [1.165, 1.54) is 111 Å². The third-order valence-electron chi connectivity index (χ3n) is 12.3. The maximum absolute atomic E-state index is 2.48. The van der Waals surface area contributed by atoms with Gasteiger partial charge in [-0.05, 0) is 123 Å². The van der Waals surface area contributed by atoms with Crippen LogP contribution in [-0.4, -0.2) is 0 Å². The van der Waals surface area contributed by atoms with Crippen LogP contribution in [0, 0.1) is 11.8 Å². The molecule has 2 atom stereocenters. The van der Waals surface area contributed by atoms with Gasteiger partial charge in [0, 0.05) is 11.8 Å². The van der Waals surface area contributed by atoms with Crippen molar-refractivity contribution < 1.29 is 0 Å². The molecule has 0 saturated carbocycles. The quantitative estimate of drug-likeness (QED) is 0.173. The van der Waals surface area contributed by atoms with E-state index in [0.717, 1.165) is 0 Å². The van der Waals surface area contributed by atoms with E-state index in [2.05, 4.69) is 194 Å². The van der Waals surface area contributed by atoms with E-state index in [9.17, 15) is 0 Å². The van der Waals surface area contributed by atoms with Gasteiger partial charge in [-0.3, -0.25) is 0 Å². The summed E-state index contributed by atoms with van der Waals surface area (Å²) in [6.07, 6.45) is 13.9. The van der Waals surface area contributed by atoms with E-state index in [1.54, 1.807) is 0 Å². The second-order valence-corrected chi connectivity index (χ2v) is 15.1. The van der Waals surface area contributed by atoms with Gasteiger partial charge in [-0.15, -0.1) is 0 Å². The number of hydrogen-bond donors (Lipinski definition) is 0. The first-order valence-electron chi connectivity index (χ1n) is 19.1. The van der Waals surface area contributed by atoms with Crippen molar-refractivity contribution in [1.82, 2.24) is 0 Å². The van der Waals surface area contributed by atoms with Gasteiger partial charge in [0.2, 0.25) is 0 Å². The molecular formula is C54H34. The fourth-order valence-corrected chi connectivity index (χ4v) is 10.1. The average molecular weight is 683 g/mol. The van der Waals surface area contributed by atoms with Gasteiger partial charge in [0.15, 0.2) is 0 Å². The van der Waals surface area contributed by atoms with Crippen LogP contribution in [0.15, 0.2) is 194 Å². The summed E-state index contributed by atoms with van der Waals surface area (Å²) in [6.45, 7) is 0. The molecule has 0 radical (unpaired) electrons. The first-order valence-corrected chi connectivity index (χ1v) is 19.1. The monoisotopic (exact) mass is 682 g/mol. The van der Waals surface area contributed by atoms with Gasteiger partial charge in [-0.1, -0.05) is 182 Å². The second kappa shape index (κ2) is 11.4. The molecule has 0 heteroatoms. The Kier molecular flexibility index (Phi) is 6.27. The summed E-state index contributed by atoms with van der Waals surface area (Å²) in [5.41, 5.74) is 21.1. The lowest BCUT2D eigenvalue weighted by Crippen LogP contribution is -2.13. The molecule has 54 heavy (non-hydrogen) atoms. The molecule has 0 bridgehead atoms. The van der Waals surface area contributed by atoms with E-state index in [-0.39, 0.29) is 0 Å². The smallest absolute Gasteiger partial charge is 0.0199 e. The number of rotatable bonds is 4. The number of hydrogen-bond acceptors (Lipinski definition) is 0. The van der Waals surface area contributed by atoms with Crippen molar-refractivity contribution in [3.63, 3.8) is 0 Å². The molecule has 0 N–H and O–H groups in total. The van der Waals surface area contributed by atoms with Gasteiger partial charge in [0.05, 0.1) is 0 Å². The topological polar surface area (TPSA) is 0 Å². The van der Waals surface area contributed by atoms with E-state index < -0.39 is 0 Å². The highest BCUT2D eigenvalue weighted by atomic mass is 14.4. The number of fused-ring (bicyclic) bond motifs is 7. The van der Waals surface area contributed by atoms with Crippen LogP contribution in [0.4, 0.5) is 0 Å². The van der Waals surface area contributed by atoms with E-state index >= 15 is 0 Å². The molecule has 0 fully saturated rings. The maximum Gasteiger partial charge on any atom is 0.0199 e. The van der Waals surface area contributed by atoms with Crippen LogP contribution in [-0.2, 0) is 0 Å². The molecule has 0 aliphatic heterocycles. The summed E-state index contributed by atoms with van der Waals surface area (Å²) >= 11 is 0. The summed E-state index contributed by atoms with van der Waals surface area (Å²) in [5, 5.41) is 5.21. The minimum Gasteiger partial charge on any atom is -0.0767 e. The standard InChI is InChI=1S/C54H34/c1-4-13-33(14-5-1)39-29-30-46-52-41(39)23-12-24-45(52)53-50(35-15-6-2-7-16-35)44-28-26-38(32-48(44)51(54(46)53)36-17-8-3-9-18-36)37-25-27-40-42-21-10-19-34-20-11-22-43(49(34)42)47(40)31-37/h1-32,34,49H. The molecule has 0 spiro atoms. The van der Waals surface area contributed by atoms with E-state index in [4.69, 9.17) is 0 Å². The molecule has 0 heterocycles. The van der Waals surface area contributed by atoms with Crippen LogP contribution >= 0.6 is 0 Å². The first-order chi connectivity index (χ1) is 26.8. The Labute approximate surface area is 315 Å². The van der Waals surface area contributed by atoms with Gasteiger partial charge >= 0.3 is 0 Å². The molecule has 12 rings (SSSR count). The summed E-state index contributed by atoms with van der Waals surface area (Å²) in [4.78, 5) is 0. The van der Waals surface area contributed by atoms with Crippen molar-refractivity contribution in [1.29, 1.82) is 0 Å². The van der Waals surface area contributed by atoms with Crippen molar-refractivity contribution in [2.75, 3.05) is 0 Å². The predicted molar refractivity (Wildman–Crippen MR) is 229 cm³/mol. The highest BCUT2D eigenvalue weighted by Crippen LogP contribution is 2.59. The highest BCUT2D eigenvalue weighted by Gasteiger charge is 2.38. The van der Waals surface area contributed by atoms with Gasteiger partial charge in [0.25, 0.3) is 0 Å². The minimum atomic E-state index is 0.425. The lowest BCUT2D eigenvalue weighted by molar-refractivity contribution is 0.707. The zero-order chi connectivity index (χ0) is 35.3. The summed E-state index contributed by atoms with van der Waals surface area (Å²) in [6, 6.07) is 59.0. The van der Waals surface area contributed by atoms with E-state index in [0.29, 0.717) is 11.8 Å². The summed E-state index contributed by atoms with van der Waals surface area (Å²) < 4.78 is 0. The molecule has 8 aromatic rings. The lowest BCUT2D eigenvalue weighted by Gasteiger charge is -2.25. The molecule has 0 amide bonds. The fourth-order valence-electron chi connectivity index (χ4n) is 10.1. The lowest BCUT2D eigenvalue weighted by atomic mass is 9.78. The molecule has 0 saturated heterocycles. The Balaban J connectivity index is 1.16. The van der Waals surface area contributed by atoms with Crippen LogP contribution in [0.25, 0.3) is 99.5 Å². The van der Waals surface area contributed by atoms with Crippen molar-refractivity contribution in [2.24, 2.45) is 11.8 Å². The van der Waals surface area contributed by atoms with Gasteiger partial charge in [-0.2, -0.15) is 0 Å². The molecule has 4 aliphatic rings. The predicted octanol–water partition coefficient (Wildman–Crippen LogP) is 14.5. The van der Waals surface area contributed by atoms with Gasteiger partial charge in [-0.25, -0.2) is 0 Å². The van der Waals surface area contributed by atoms with Crippen molar-refractivity contribution in [3.8, 4) is 66.8 Å². The molecule has 250 valence electrons. The first kappa shape index (κ1) is 29.8. The molecule has 0 aromatic heterocycles. The SMILES string of the molecule is C1=CC2C=CC=C3c4cc(-c5ccc6c(-c7ccccc7)c7c(c(-c8ccccc8)c6c5)-c5ccc(-c6ccccc6)c6cccc-7c56)ccc4C(=C1)C32. The van der Waals surface area contributed by atoms with Gasteiger partial charge < -0.3 is 0 Å². The van der Waals surface area contributed by atoms with Crippen LogP contribution in [0.2, 0.25) is 0 Å². The molecular weight excluding hydrogens is 649 g/mol. The third kappa shape index (κ3) is 4.14. The fraction of sp³-hybridized carbons (Fsp3) is 0.0370. The molecule has 8 aromatic carbocycles. The number of allylic oxidation sites excluding steroid dienone is 8. The second-order valence-electron chi connectivity index (χ2n) is 15.1. The number of benzene rings is 8. The highest BCUT2D eigenvalue weighted by molar-refractivity contribution is 6.29. The van der Waals surface area contributed by atoms with E-state index in [1.807, 2.05) is 0 Å². The van der Waals surface area contributed by atoms with Gasteiger partial charge in [0.1, 0.15) is 0 Å². The van der Waals surface area contributed by atoms with Crippen LogP contribution in [0.1, 0.15) is 11.1 Å². The summed E-state index contributed by atoms with van der Waals surface area (Å²) in [5.74, 6) is 0.861. The summed E-state index contributed by atoms with van der Waals surface area (Å²) in [7, 11) is 0. The van der Waals surface area contributed by atoms with Crippen molar-refractivity contribution >= 4 is 32.7 Å². The third-order valence-corrected chi connectivity index (χ3v) is 12.3. The van der Waals surface area contributed by atoms with Crippen molar-refractivity contribution in [3.05, 3.63) is 205 Å².